The number of nitrogen functional groups attached to an aromatic ring is 1. The molecule has 0 radical (unpaired) electrons. The molecule has 296 valence electrons. The summed E-state index contributed by atoms with van der Waals surface area (Å²) in [7, 11) is 0. The number of hydrogen-bond acceptors (Lipinski definition) is 8. The Morgan fingerprint density at radius 3 is 1.64 bits per heavy atom. The van der Waals surface area contributed by atoms with Crippen LogP contribution < -0.4 is 11.1 Å². The summed E-state index contributed by atoms with van der Waals surface area (Å²) in [6, 6.07) is 24.0. The van der Waals surface area contributed by atoms with Gasteiger partial charge in [-0.05, 0) is 101 Å². The molecule has 56 heavy (non-hydrogen) atoms. The second-order valence-electron chi connectivity index (χ2n) is 12.9. The molecular formula is C41H41BrCl4N4O4S2. The van der Waals surface area contributed by atoms with Crippen LogP contribution in [0.15, 0.2) is 88.8 Å². The molecule has 6 aromatic rings. The Labute approximate surface area is 363 Å². The summed E-state index contributed by atoms with van der Waals surface area (Å²) in [6.45, 7) is 8.71. The number of halogens is 5. The number of aromatic carboxylic acids is 2. The van der Waals surface area contributed by atoms with E-state index in [1.54, 1.807) is 59.1 Å². The topological polar surface area (TPSA) is 138 Å². The lowest BCUT2D eigenvalue weighted by molar-refractivity contribution is 0.0686. The van der Waals surface area contributed by atoms with Gasteiger partial charge >= 0.3 is 11.9 Å². The highest BCUT2D eigenvalue weighted by Gasteiger charge is 2.17. The molecule has 0 unspecified atom stereocenters. The van der Waals surface area contributed by atoms with E-state index in [-0.39, 0.29) is 18.6 Å². The number of nitrogens with two attached hydrogens (primary N) is 1. The van der Waals surface area contributed by atoms with E-state index in [0.29, 0.717) is 48.4 Å². The zero-order chi connectivity index (χ0) is 40.4. The van der Waals surface area contributed by atoms with Crippen molar-refractivity contribution in [2.24, 2.45) is 11.8 Å². The minimum atomic E-state index is -0.963. The lowest BCUT2D eigenvalue weighted by atomic mass is 10.0. The molecule has 0 aliphatic rings. The molecular weight excluding hydrogens is 898 g/mol. The number of nitrogens with one attached hydrogen (secondary N) is 1. The van der Waals surface area contributed by atoms with Crippen molar-refractivity contribution in [1.29, 1.82) is 0 Å². The molecule has 0 aliphatic carbocycles. The van der Waals surface area contributed by atoms with Gasteiger partial charge in [0.05, 0.1) is 42.6 Å². The Hall–Kier alpha value is -3.68. The second kappa shape index (κ2) is 21.7. The molecule has 0 aliphatic heterocycles. The highest BCUT2D eigenvalue weighted by molar-refractivity contribution is 9.11. The van der Waals surface area contributed by atoms with Crippen LogP contribution in [0, 0.1) is 11.8 Å². The van der Waals surface area contributed by atoms with Crippen molar-refractivity contribution < 1.29 is 19.8 Å². The predicted molar refractivity (Wildman–Crippen MR) is 241 cm³/mol. The van der Waals surface area contributed by atoms with E-state index in [0.717, 1.165) is 44.2 Å². The van der Waals surface area contributed by atoms with Crippen LogP contribution in [0.25, 0.3) is 22.5 Å². The smallest absolute Gasteiger partial charge is 0.335 e. The number of rotatable bonds is 10. The van der Waals surface area contributed by atoms with E-state index in [1.807, 2.05) is 36.4 Å². The zero-order valence-electron chi connectivity index (χ0n) is 30.0. The van der Waals surface area contributed by atoms with Gasteiger partial charge in [0.15, 0.2) is 9.05 Å². The molecule has 0 spiro atoms. The molecule has 4 aromatic carbocycles. The van der Waals surface area contributed by atoms with E-state index >= 15 is 0 Å². The average molecular weight is 940 g/mol. The number of carboxylic acid groups (broad SMARTS) is 2. The molecule has 8 nitrogen and oxygen atoms in total. The highest BCUT2D eigenvalue weighted by Crippen LogP contribution is 2.38. The average Bonchev–Trinajstić information content (AvgIpc) is 3.68. The van der Waals surface area contributed by atoms with Crippen LogP contribution in [-0.4, -0.2) is 32.1 Å². The summed E-state index contributed by atoms with van der Waals surface area (Å²) in [6.07, 6.45) is 1.89. The molecule has 15 heteroatoms. The molecule has 2 aromatic heterocycles. The molecule has 2 heterocycles. The summed E-state index contributed by atoms with van der Waals surface area (Å²) < 4.78 is 0.902. The van der Waals surface area contributed by atoms with Crippen LogP contribution in [0.3, 0.4) is 0 Å². The first-order chi connectivity index (χ1) is 26.0. The summed E-state index contributed by atoms with van der Waals surface area (Å²) in [5.74, 6) is -0.851. The number of anilines is 3. The maximum atomic E-state index is 11.2. The first-order valence-corrected chi connectivity index (χ1v) is 20.7. The fraction of sp³-hybridized carbons (Fsp3) is 0.220. The van der Waals surface area contributed by atoms with Crippen LogP contribution in [0.4, 0.5) is 16.5 Å². The maximum Gasteiger partial charge on any atom is 0.335 e. The Kier molecular flexibility index (Phi) is 18.1. The molecule has 0 bridgehead atoms. The second-order valence-corrected chi connectivity index (χ2v) is 18.0. The van der Waals surface area contributed by atoms with E-state index < -0.39 is 11.9 Å². The van der Waals surface area contributed by atoms with Crippen molar-refractivity contribution in [2.45, 2.75) is 48.0 Å². The van der Waals surface area contributed by atoms with Crippen LogP contribution in [0.5, 0.6) is 0 Å². The van der Waals surface area contributed by atoms with E-state index in [2.05, 4.69) is 53.9 Å². The third-order valence-corrected chi connectivity index (χ3v) is 11.4. The molecule has 0 atom stereocenters. The Bertz CT molecular complexity index is 2280. The van der Waals surface area contributed by atoms with Gasteiger partial charge < -0.3 is 21.3 Å². The highest BCUT2D eigenvalue weighted by atomic mass is 79.9. The summed E-state index contributed by atoms with van der Waals surface area (Å²) in [5.41, 5.74) is 10.7. The van der Waals surface area contributed by atoms with E-state index in [4.69, 9.17) is 67.3 Å². The van der Waals surface area contributed by atoms with E-state index in [1.165, 1.54) is 17.0 Å². The predicted octanol–water partition coefficient (Wildman–Crippen LogP) is 14.4. The first kappa shape index (κ1) is 46.7. The van der Waals surface area contributed by atoms with Gasteiger partial charge in [0.2, 0.25) is 0 Å². The van der Waals surface area contributed by atoms with Crippen molar-refractivity contribution >= 4 is 113 Å². The Balaban J connectivity index is 0.000000249. The number of benzene rings is 4. The Morgan fingerprint density at radius 2 is 1.18 bits per heavy atom. The summed E-state index contributed by atoms with van der Waals surface area (Å²) in [5, 5.41) is 23.7. The van der Waals surface area contributed by atoms with Crippen LogP contribution >= 0.6 is 85.0 Å². The number of carboxylic acids is 2. The van der Waals surface area contributed by atoms with Crippen molar-refractivity contribution in [3.8, 4) is 22.5 Å². The minimum absolute atomic E-state index is 0. The molecule has 0 amide bonds. The van der Waals surface area contributed by atoms with Gasteiger partial charge in [-0.25, -0.2) is 19.6 Å². The normalized spacial score (nSPS) is 10.6. The van der Waals surface area contributed by atoms with Gasteiger partial charge in [0.1, 0.15) is 0 Å². The number of nitrogens with zero attached hydrogens (tertiary/aromatic N) is 2. The lowest BCUT2D eigenvalue weighted by Gasteiger charge is -2.06. The van der Waals surface area contributed by atoms with Crippen molar-refractivity contribution in [3.05, 3.63) is 130 Å². The SMILES string of the molecule is C.CC(C)Cc1sc(Br)nc1-c1ccc(Cl)c(Cl)c1.CC(C)Cc1sc(Nc2cccc(C(=O)O)c2)nc1-c1ccc(Cl)c(Cl)c1.Nc1cccc(C(=O)O)c1. The van der Waals surface area contributed by atoms with Gasteiger partial charge in [-0.1, -0.05) is 106 Å². The lowest BCUT2D eigenvalue weighted by Crippen LogP contribution is -1.97. The molecule has 6 rings (SSSR count). The van der Waals surface area contributed by atoms with Gasteiger partial charge in [-0.2, -0.15) is 0 Å². The fourth-order valence-electron chi connectivity index (χ4n) is 5.01. The third-order valence-electron chi connectivity index (χ3n) is 7.44. The first-order valence-electron chi connectivity index (χ1n) is 16.8. The number of carbonyl (C=O) groups is 2. The summed E-state index contributed by atoms with van der Waals surface area (Å²) in [4.78, 5) is 33.1. The quantitative estimate of drug-likeness (QED) is 0.0996. The van der Waals surface area contributed by atoms with Gasteiger partial charge in [0, 0.05) is 32.3 Å². The van der Waals surface area contributed by atoms with Gasteiger partial charge in [-0.3, -0.25) is 0 Å². The minimum Gasteiger partial charge on any atom is -0.478 e. The van der Waals surface area contributed by atoms with Crippen molar-refractivity contribution in [2.75, 3.05) is 11.1 Å². The number of hydrogen-bond donors (Lipinski definition) is 4. The third kappa shape index (κ3) is 13.8. The Morgan fingerprint density at radius 1 is 0.696 bits per heavy atom. The standard InChI is InChI=1S/C20H18Cl2N2O2S.C13H12BrCl2NS.C7H7NO2.CH4/c1-11(2)8-17-18(12-6-7-15(21)16(22)10-12)24-20(27-17)23-14-5-3-4-13(9-14)19(25)26;1-7(2)5-11-12(17-13(14)18-11)8-3-4-9(15)10(16)6-8;8-6-3-1-2-5(4-6)7(9)10;/h3-7,9-11H,8H2,1-2H3,(H,23,24)(H,25,26);3-4,6-7H,5H2,1-2H3;1-4H,8H2,(H,9,10);1H4. The maximum absolute atomic E-state index is 11.2. The van der Waals surface area contributed by atoms with Crippen molar-refractivity contribution in [3.63, 3.8) is 0 Å². The molecule has 0 fully saturated rings. The molecule has 0 saturated carbocycles. The van der Waals surface area contributed by atoms with Gasteiger partial charge in [0.25, 0.3) is 0 Å². The largest absolute Gasteiger partial charge is 0.478 e. The molecule has 5 N–H and O–H groups in total. The van der Waals surface area contributed by atoms with Crippen molar-refractivity contribution in [1.82, 2.24) is 9.97 Å². The fourth-order valence-corrected chi connectivity index (χ4v) is 8.60. The number of aromatic nitrogens is 2. The van der Waals surface area contributed by atoms with Gasteiger partial charge in [-0.15, -0.1) is 22.7 Å². The van der Waals surface area contributed by atoms with Crippen LogP contribution in [0.2, 0.25) is 20.1 Å². The van der Waals surface area contributed by atoms with Crippen LogP contribution in [-0.2, 0) is 12.8 Å². The number of thiazole rings is 2. The molecule has 0 saturated heterocycles. The zero-order valence-corrected chi connectivity index (χ0v) is 36.3. The van der Waals surface area contributed by atoms with Crippen LogP contribution in [0.1, 0.15) is 65.6 Å². The monoisotopic (exact) mass is 936 g/mol. The van der Waals surface area contributed by atoms with E-state index in [9.17, 15) is 9.59 Å². The summed E-state index contributed by atoms with van der Waals surface area (Å²) >= 11 is 30.9.